The molecular formula is C28H33ClN4O4S. The van der Waals surface area contributed by atoms with E-state index in [-0.39, 0.29) is 17.3 Å². The highest BCUT2D eigenvalue weighted by molar-refractivity contribution is 7.92. The van der Waals surface area contributed by atoms with Gasteiger partial charge in [0.1, 0.15) is 6.54 Å². The van der Waals surface area contributed by atoms with E-state index in [0.29, 0.717) is 33.9 Å². The molecule has 0 saturated heterocycles. The van der Waals surface area contributed by atoms with Crippen LogP contribution in [0.3, 0.4) is 0 Å². The third kappa shape index (κ3) is 7.56. The van der Waals surface area contributed by atoms with Crippen molar-refractivity contribution in [3.63, 3.8) is 0 Å². The molecule has 0 aliphatic heterocycles. The summed E-state index contributed by atoms with van der Waals surface area (Å²) in [6, 6.07) is 18.3. The Morgan fingerprint density at radius 3 is 2.29 bits per heavy atom. The number of sulfonamides is 1. The predicted octanol–water partition coefficient (Wildman–Crippen LogP) is 3.76. The summed E-state index contributed by atoms with van der Waals surface area (Å²) in [6.07, 6.45) is 0. The van der Waals surface area contributed by atoms with Gasteiger partial charge in [-0.15, -0.1) is 0 Å². The monoisotopic (exact) mass is 556 g/mol. The number of carbonyl (C=O) groups is 2. The fraction of sp³-hybridized carbons (Fsp3) is 0.286. The smallest absolute Gasteiger partial charge is 0.264 e. The maximum absolute atomic E-state index is 13.6. The highest BCUT2D eigenvalue weighted by atomic mass is 35.5. The van der Waals surface area contributed by atoms with E-state index in [9.17, 15) is 18.0 Å². The van der Waals surface area contributed by atoms with Gasteiger partial charge in [-0.2, -0.15) is 0 Å². The van der Waals surface area contributed by atoms with Crippen LogP contribution >= 0.6 is 11.6 Å². The van der Waals surface area contributed by atoms with Gasteiger partial charge in [0, 0.05) is 30.2 Å². The van der Waals surface area contributed by atoms with Gasteiger partial charge in [0.05, 0.1) is 10.6 Å². The molecule has 0 spiro atoms. The number of likely N-dealkylation sites (N-methyl/N-ethyl adjacent to an activating group) is 1. The molecule has 3 aromatic carbocycles. The number of rotatable bonds is 11. The highest BCUT2D eigenvalue weighted by Gasteiger charge is 2.28. The zero-order chi connectivity index (χ0) is 27.9. The first-order valence-electron chi connectivity index (χ1n) is 12.1. The molecule has 0 heterocycles. The summed E-state index contributed by atoms with van der Waals surface area (Å²) in [7, 11) is -0.210. The molecule has 8 nitrogen and oxygen atoms in total. The molecule has 38 heavy (non-hydrogen) atoms. The van der Waals surface area contributed by atoms with Crippen LogP contribution in [0.15, 0.2) is 71.6 Å². The van der Waals surface area contributed by atoms with Gasteiger partial charge in [-0.25, -0.2) is 8.42 Å². The van der Waals surface area contributed by atoms with Gasteiger partial charge in [-0.05, 0) is 75.5 Å². The van der Waals surface area contributed by atoms with Crippen LogP contribution < -0.4 is 14.9 Å². The number of benzene rings is 3. The van der Waals surface area contributed by atoms with Gasteiger partial charge >= 0.3 is 0 Å². The van der Waals surface area contributed by atoms with Crippen LogP contribution in [0.5, 0.6) is 0 Å². The molecule has 0 unspecified atom stereocenters. The summed E-state index contributed by atoms with van der Waals surface area (Å²) >= 11 is 6.28. The van der Waals surface area contributed by atoms with Crippen molar-refractivity contribution in [2.24, 2.45) is 0 Å². The molecule has 2 N–H and O–H groups in total. The van der Waals surface area contributed by atoms with Crippen molar-refractivity contribution in [1.82, 2.24) is 15.5 Å². The zero-order valence-electron chi connectivity index (χ0n) is 22.0. The van der Waals surface area contributed by atoms with Crippen LogP contribution in [0.1, 0.15) is 27.0 Å². The quantitative estimate of drug-likeness (QED) is 0.375. The molecule has 0 aromatic heterocycles. The Bertz CT molecular complexity index is 1390. The van der Waals surface area contributed by atoms with Crippen LogP contribution in [-0.4, -0.2) is 58.9 Å². The highest BCUT2D eigenvalue weighted by Crippen LogP contribution is 2.30. The van der Waals surface area contributed by atoms with Gasteiger partial charge in [0.25, 0.3) is 15.9 Å². The molecule has 0 atom stereocenters. The van der Waals surface area contributed by atoms with Crippen molar-refractivity contribution in [2.75, 3.05) is 38.0 Å². The third-order valence-electron chi connectivity index (χ3n) is 5.93. The van der Waals surface area contributed by atoms with Crippen molar-refractivity contribution in [1.29, 1.82) is 0 Å². The van der Waals surface area contributed by atoms with E-state index in [4.69, 9.17) is 11.6 Å². The Labute approximate surface area is 229 Å². The first-order chi connectivity index (χ1) is 18.0. The first-order valence-corrected chi connectivity index (χ1v) is 13.9. The first kappa shape index (κ1) is 29.2. The van der Waals surface area contributed by atoms with Gasteiger partial charge in [-0.1, -0.05) is 47.5 Å². The summed E-state index contributed by atoms with van der Waals surface area (Å²) in [5.41, 5.74) is 2.98. The normalized spacial score (nSPS) is 11.3. The number of halogens is 1. The van der Waals surface area contributed by atoms with E-state index in [1.54, 1.807) is 61.5 Å². The molecule has 3 aromatic rings. The second-order valence-corrected chi connectivity index (χ2v) is 11.5. The molecule has 3 rings (SSSR count). The number of nitrogens with zero attached hydrogens (tertiary/aromatic N) is 2. The van der Waals surface area contributed by atoms with E-state index in [0.717, 1.165) is 16.4 Å². The number of hydrogen-bond acceptors (Lipinski definition) is 5. The van der Waals surface area contributed by atoms with Crippen LogP contribution in [0.2, 0.25) is 5.02 Å². The van der Waals surface area contributed by atoms with Crippen LogP contribution in [0, 0.1) is 13.8 Å². The number of nitrogens with one attached hydrogen (secondary N) is 2. The average molecular weight is 557 g/mol. The number of hydrogen-bond donors (Lipinski definition) is 2. The number of amides is 2. The van der Waals surface area contributed by atoms with Gasteiger partial charge < -0.3 is 15.5 Å². The second-order valence-electron chi connectivity index (χ2n) is 9.24. The van der Waals surface area contributed by atoms with Crippen molar-refractivity contribution >= 4 is 39.1 Å². The second kappa shape index (κ2) is 12.9. The Kier molecular flexibility index (Phi) is 9.90. The summed E-state index contributed by atoms with van der Waals surface area (Å²) < 4.78 is 28.3. The van der Waals surface area contributed by atoms with Crippen molar-refractivity contribution in [3.05, 3.63) is 94.0 Å². The number of aryl methyl sites for hydroxylation is 1. The Balaban J connectivity index is 1.77. The van der Waals surface area contributed by atoms with Crippen LogP contribution in [-0.2, 0) is 21.4 Å². The Hall–Kier alpha value is -3.40. The molecule has 0 radical (unpaired) electrons. The Morgan fingerprint density at radius 1 is 0.921 bits per heavy atom. The lowest BCUT2D eigenvalue weighted by atomic mass is 10.1. The number of carbonyl (C=O) groups excluding carboxylic acids is 2. The molecule has 2 amide bonds. The Morgan fingerprint density at radius 2 is 1.61 bits per heavy atom. The zero-order valence-corrected chi connectivity index (χ0v) is 23.6. The van der Waals surface area contributed by atoms with E-state index in [2.05, 4.69) is 10.6 Å². The van der Waals surface area contributed by atoms with E-state index in [1.807, 2.05) is 25.9 Å². The van der Waals surface area contributed by atoms with Crippen molar-refractivity contribution in [2.45, 2.75) is 25.3 Å². The molecule has 0 fully saturated rings. The average Bonchev–Trinajstić information content (AvgIpc) is 2.88. The van der Waals surface area contributed by atoms with Gasteiger partial charge in [-0.3, -0.25) is 13.9 Å². The molecule has 10 heteroatoms. The van der Waals surface area contributed by atoms with Crippen molar-refractivity contribution < 1.29 is 18.0 Å². The lowest BCUT2D eigenvalue weighted by Gasteiger charge is -2.26. The summed E-state index contributed by atoms with van der Waals surface area (Å²) in [4.78, 5) is 27.5. The minimum Gasteiger partial charge on any atom is -0.351 e. The van der Waals surface area contributed by atoms with E-state index >= 15 is 0 Å². The van der Waals surface area contributed by atoms with Crippen LogP contribution in [0.4, 0.5) is 5.69 Å². The molecule has 0 aliphatic carbocycles. The fourth-order valence-electron chi connectivity index (χ4n) is 3.71. The standard InChI is InChI=1S/C28H33ClN4O4S/c1-20-11-13-24(14-12-20)38(36,37)33(26-10-6-9-25(29)21(26)2)19-27(34)31-18-22-7-5-8-23(17-22)28(35)30-15-16-32(3)4/h5-14,17H,15-16,18-19H2,1-4H3,(H,30,35)(H,31,34). The predicted molar refractivity (Wildman–Crippen MR) is 151 cm³/mol. The topological polar surface area (TPSA) is 98.8 Å². The van der Waals surface area contributed by atoms with E-state index < -0.39 is 22.5 Å². The third-order valence-corrected chi connectivity index (χ3v) is 8.11. The SMILES string of the molecule is Cc1ccc(S(=O)(=O)N(CC(=O)NCc2cccc(C(=O)NCCN(C)C)c2)c2cccc(Cl)c2C)cc1. The molecule has 0 aliphatic rings. The summed E-state index contributed by atoms with van der Waals surface area (Å²) in [5, 5.41) is 6.03. The molecule has 0 saturated carbocycles. The van der Waals surface area contributed by atoms with Crippen LogP contribution in [0.25, 0.3) is 0 Å². The van der Waals surface area contributed by atoms with Crippen molar-refractivity contribution in [3.8, 4) is 0 Å². The lowest BCUT2D eigenvalue weighted by molar-refractivity contribution is -0.119. The maximum atomic E-state index is 13.6. The lowest BCUT2D eigenvalue weighted by Crippen LogP contribution is -2.41. The molecule has 202 valence electrons. The van der Waals surface area contributed by atoms with E-state index in [1.165, 1.54) is 12.1 Å². The fourth-order valence-corrected chi connectivity index (χ4v) is 5.36. The number of anilines is 1. The molecular weight excluding hydrogens is 524 g/mol. The van der Waals surface area contributed by atoms with Gasteiger partial charge in [0.2, 0.25) is 5.91 Å². The van der Waals surface area contributed by atoms with Gasteiger partial charge in [0.15, 0.2) is 0 Å². The minimum absolute atomic E-state index is 0.0725. The summed E-state index contributed by atoms with van der Waals surface area (Å²) in [6.45, 7) is 4.50. The maximum Gasteiger partial charge on any atom is 0.264 e. The molecule has 0 bridgehead atoms. The summed E-state index contributed by atoms with van der Waals surface area (Å²) in [5.74, 6) is -0.701. The minimum atomic E-state index is -4.06. The largest absolute Gasteiger partial charge is 0.351 e.